The molecule has 1 aliphatic heterocycles. The zero-order valence-corrected chi connectivity index (χ0v) is 13.1. The average Bonchev–Trinajstić information content (AvgIpc) is 2.86. The second kappa shape index (κ2) is 6.16. The third kappa shape index (κ3) is 2.83. The Morgan fingerprint density at radius 3 is 2.95 bits per heavy atom. The van der Waals surface area contributed by atoms with E-state index in [9.17, 15) is 0 Å². The molecule has 1 N–H and O–H groups in total. The summed E-state index contributed by atoms with van der Waals surface area (Å²) in [7, 11) is 2.03. The van der Waals surface area contributed by atoms with Crippen LogP contribution in [0.3, 0.4) is 0 Å². The van der Waals surface area contributed by atoms with Crippen LogP contribution in [-0.2, 0) is 17.7 Å². The molecule has 1 aliphatic rings. The molecule has 21 heavy (non-hydrogen) atoms. The van der Waals surface area contributed by atoms with Crippen molar-refractivity contribution in [3.8, 4) is 0 Å². The fourth-order valence-electron chi connectivity index (χ4n) is 3.55. The summed E-state index contributed by atoms with van der Waals surface area (Å²) in [5.41, 5.74) is 2.64. The van der Waals surface area contributed by atoms with Gasteiger partial charge in [-0.25, -0.2) is 0 Å². The van der Waals surface area contributed by atoms with Crippen LogP contribution in [0.1, 0.15) is 25.5 Å². The average molecular weight is 287 g/mol. The zero-order valence-electron chi connectivity index (χ0n) is 13.1. The monoisotopic (exact) mass is 287 g/mol. The molecular weight excluding hydrogens is 262 g/mol. The van der Waals surface area contributed by atoms with Crippen LogP contribution in [-0.4, -0.2) is 36.6 Å². The molecule has 1 aromatic heterocycles. The van der Waals surface area contributed by atoms with Crippen LogP contribution in [0, 0.1) is 5.41 Å². The highest BCUT2D eigenvalue weighted by molar-refractivity contribution is 5.82. The highest BCUT2D eigenvalue weighted by atomic mass is 16.5. The normalized spacial score (nSPS) is 22.8. The Labute approximate surface area is 126 Å². The van der Waals surface area contributed by atoms with Gasteiger partial charge >= 0.3 is 0 Å². The first-order valence-corrected chi connectivity index (χ1v) is 7.95. The summed E-state index contributed by atoms with van der Waals surface area (Å²) in [6.07, 6.45) is 3.34. The van der Waals surface area contributed by atoms with Crippen molar-refractivity contribution in [2.75, 3.05) is 26.8 Å². The van der Waals surface area contributed by atoms with Crippen LogP contribution in [0.5, 0.6) is 0 Å². The van der Waals surface area contributed by atoms with E-state index in [2.05, 4.69) is 41.2 Å². The van der Waals surface area contributed by atoms with E-state index in [-0.39, 0.29) is 5.41 Å². The molecule has 3 rings (SSSR count). The number of aromatic nitrogens is 2. The second-order valence-corrected chi connectivity index (χ2v) is 6.14. The van der Waals surface area contributed by atoms with Crippen molar-refractivity contribution in [1.29, 1.82) is 0 Å². The standard InChI is InChI=1S/C17H25N3O/c1-3-20-16-8-5-4-7-14(16)15(19-20)11-17(12-18-2)9-6-10-21-13-17/h4-5,7-8,18H,3,6,9-13H2,1-2H3. The van der Waals surface area contributed by atoms with Gasteiger partial charge in [0.15, 0.2) is 0 Å². The Morgan fingerprint density at radius 2 is 2.24 bits per heavy atom. The van der Waals surface area contributed by atoms with Crippen molar-refractivity contribution in [2.45, 2.75) is 32.7 Å². The van der Waals surface area contributed by atoms with E-state index in [0.29, 0.717) is 0 Å². The van der Waals surface area contributed by atoms with Gasteiger partial charge in [0.2, 0.25) is 0 Å². The zero-order chi connectivity index (χ0) is 14.7. The minimum atomic E-state index is 0.183. The van der Waals surface area contributed by atoms with Gasteiger partial charge in [-0.1, -0.05) is 18.2 Å². The Kier molecular flexibility index (Phi) is 4.27. The number of fused-ring (bicyclic) bond motifs is 1. The van der Waals surface area contributed by atoms with Gasteiger partial charge in [0, 0.05) is 36.9 Å². The maximum atomic E-state index is 5.78. The summed E-state index contributed by atoms with van der Waals surface area (Å²) in [6, 6.07) is 8.56. The SMILES string of the molecule is CCn1nc(CC2(CNC)CCCOC2)c2ccccc21. The first-order valence-electron chi connectivity index (χ1n) is 7.95. The maximum Gasteiger partial charge on any atom is 0.0710 e. The third-order valence-electron chi connectivity index (χ3n) is 4.53. The van der Waals surface area contributed by atoms with Gasteiger partial charge in [-0.05, 0) is 32.9 Å². The van der Waals surface area contributed by atoms with E-state index in [1.54, 1.807) is 0 Å². The molecule has 1 fully saturated rings. The molecule has 1 saturated heterocycles. The van der Waals surface area contributed by atoms with E-state index in [1.165, 1.54) is 23.0 Å². The lowest BCUT2D eigenvalue weighted by molar-refractivity contribution is -0.00663. The molecule has 0 spiro atoms. The summed E-state index contributed by atoms with van der Waals surface area (Å²) in [5.74, 6) is 0. The molecule has 114 valence electrons. The lowest BCUT2D eigenvalue weighted by Gasteiger charge is -2.36. The molecule has 2 aromatic rings. The Hall–Kier alpha value is -1.39. The van der Waals surface area contributed by atoms with E-state index in [0.717, 1.165) is 39.1 Å². The molecule has 0 amide bonds. The predicted molar refractivity (Wildman–Crippen MR) is 85.5 cm³/mol. The largest absolute Gasteiger partial charge is 0.381 e. The minimum Gasteiger partial charge on any atom is -0.381 e. The van der Waals surface area contributed by atoms with Crippen LogP contribution in [0.25, 0.3) is 10.9 Å². The van der Waals surface area contributed by atoms with Gasteiger partial charge in [-0.3, -0.25) is 4.68 Å². The van der Waals surface area contributed by atoms with Crippen LogP contribution in [0.15, 0.2) is 24.3 Å². The van der Waals surface area contributed by atoms with Crippen molar-refractivity contribution >= 4 is 10.9 Å². The van der Waals surface area contributed by atoms with Gasteiger partial charge in [0.25, 0.3) is 0 Å². The van der Waals surface area contributed by atoms with E-state index >= 15 is 0 Å². The molecule has 2 heterocycles. The summed E-state index contributed by atoms with van der Waals surface area (Å²) >= 11 is 0. The maximum absolute atomic E-state index is 5.78. The van der Waals surface area contributed by atoms with Gasteiger partial charge in [-0.15, -0.1) is 0 Å². The Bertz CT molecular complexity index is 594. The van der Waals surface area contributed by atoms with Crippen molar-refractivity contribution in [3.63, 3.8) is 0 Å². The number of para-hydroxylation sites is 1. The molecular formula is C17H25N3O. The lowest BCUT2D eigenvalue weighted by atomic mass is 9.78. The lowest BCUT2D eigenvalue weighted by Crippen LogP contribution is -2.41. The summed E-state index contributed by atoms with van der Waals surface area (Å²) in [6.45, 7) is 5.78. The molecule has 1 aromatic carbocycles. The Balaban J connectivity index is 1.96. The summed E-state index contributed by atoms with van der Waals surface area (Å²) < 4.78 is 7.89. The number of hydrogen-bond donors (Lipinski definition) is 1. The number of aryl methyl sites for hydroxylation is 1. The van der Waals surface area contributed by atoms with Gasteiger partial charge < -0.3 is 10.1 Å². The molecule has 1 atom stereocenters. The minimum absolute atomic E-state index is 0.183. The van der Waals surface area contributed by atoms with Crippen molar-refractivity contribution in [1.82, 2.24) is 15.1 Å². The molecule has 1 unspecified atom stereocenters. The number of nitrogens with one attached hydrogen (secondary N) is 1. The highest BCUT2D eigenvalue weighted by Gasteiger charge is 2.34. The number of ether oxygens (including phenoxy) is 1. The quantitative estimate of drug-likeness (QED) is 0.919. The van der Waals surface area contributed by atoms with Crippen molar-refractivity contribution in [2.24, 2.45) is 5.41 Å². The third-order valence-corrected chi connectivity index (χ3v) is 4.53. The summed E-state index contributed by atoms with van der Waals surface area (Å²) in [5, 5.41) is 9.51. The van der Waals surface area contributed by atoms with Crippen LogP contribution in [0.2, 0.25) is 0 Å². The first-order chi connectivity index (χ1) is 10.3. The van der Waals surface area contributed by atoms with Crippen LogP contribution < -0.4 is 5.32 Å². The fourth-order valence-corrected chi connectivity index (χ4v) is 3.55. The molecule has 0 bridgehead atoms. The fraction of sp³-hybridized carbons (Fsp3) is 0.588. The molecule has 0 saturated carbocycles. The molecule has 4 nitrogen and oxygen atoms in total. The van der Waals surface area contributed by atoms with Crippen molar-refractivity contribution < 1.29 is 4.74 Å². The van der Waals surface area contributed by atoms with E-state index < -0.39 is 0 Å². The highest BCUT2D eigenvalue weighted by Crippen LogP contribution is 2.33. The number of nitrogens with zero attached hydrogens (tertiary/aromatic N) is 2. The second-order valence-electron chi connectivity index (χ2n) is 6.14. The molecule has 4 heteroatoms. The Morgan fingerprint density at radius 1 is 1.38 bits per heavy atom. The number of hydrogen-bond acceptors (Lipinski definition) is 3. The van der Waals surface area contributed by atoms with Crippen LogP contribution >= 0.6 is 0 Å². The predicted octanol–water partition coefficient (Wildman–Crippen LogP) is 2.61. The summed E-state index contributed by atoms with van der Waals surface area (Å²) in [4.78, 5) is 0. The van der Waals surface area contributed by atoms with Gasteiger partial charge in [0.1, 0.15) is 0 Å². The van der Waals surface area contributed by atoms with E-state index in [4.69, 9.17) is 9.84 Å². The first kappa shape index (κ1) is 14.5. The number of benzene rings is 1. The van der Waals surface area contributed by atoms with Gasteiger partial charge in [-0.2, -0.15) is 5.10 Å². The van der Waals surface area contributed by atoms with E-state index in [1.807, 2.05) is 7.05 Å². The van der Waals surface area contributed by atoms with Gasteiger partial charge in [0.05, 0.1) is 17.8 Å². The molecule has 0 aliphatic carbocycles. The molecule has 0 radical (unpaired) electrons. The van der Waals surface area contributed by atoms with Crippen LogP contribution in [0.4, 0.5) is 0 Å². The number of rotatable bonds is 5. The topological polar surface area (TPSA) is 39.1 Å². The van der Waals surface area contributed by atoms with Crippen molar-refractivity contribution in [3.05, 3.63) is 30.0 Å². The smallest absolute Gasteiger partial charge is 0.0710 e.